The molecule has 0 bridgehead atoms. The van der Waals surface area contributed by atoms with Gasteiger partial charge in [0.25, 0.3) is 0 Å². The van der Waals surface area contributed by atoms with Gasteiger partial charge in [-0.05, 0) is 74.1 Å². The highest BCUT2D eigenvalue weighted by molar-refractivity contribution is 5.96. The summed E-state index contributed by atoms with van der Waals surface area (Å²) in [5.74, 6) is -0.449. The highest BCUT2D eigenvalue weighted by Gasteiger charge is 2.17. The van der Waals surface area contributed by atoms with E-state index in [1.807, 2.05) is 19.1 Å². The van der Waals surface area contributed by atoms with Crippen LogP contribution in [0.1, 0.15) is 30.9 Å². The molecule has 1 atom stereocenters. The van der Waals surface area contributed by atoms with Crippen LogP contribution in [0.3, 0.4) is 0 Å². The zero-order valence-electron chi connectivity index (χ0n) is 13.2. The number of rotatable bonds is 4. The maximum Gasteiger partial charge on any atom is 0.246 e. The van der Waals surface area contributed by atoms with Gasteiger partial charge in [0, 0.05) is 11.4 Å². The first-order valence-corrected chi connectivity index (χ1v) is 8.07. The molecule has 4 heteroatoms. The smallest absolute Gasteiger partial charge is 0.246 e. The summed E-state index contributed by atoms with van der Waals surface area (Å²) in [6.45, 7) is 1.83. The van der Waals surface area contributed by atoms with Crippen molar-refractivity contribution in [1.29, 1.82) is 0 Å². The molecule has 2 aromatic carbocycles. The minimum atomic E-state index is -0.367. The van der Waals surface area contributed by atoms with Crippen LogP contribution in [0, 0.1) is 5.82 Å². The lowest BCUT2D eigenvalue weighted by molar-refractivity contribution is -0.116. The second kappa shape index (κ2) is 6.82. The van der Waals surface area contributed by atoms with Crippen LogP contribution < -0.4 is 10.6 Å². The van der Waals surface area contributed by atoms with E-state index in [1.54, 1.807) is 12.1 Å². The Kier molecular flexibility index (Phi) is 4.60. The van der Waals surface area contributed by atoms with Gasteiger partial charge in [-0.2, -0.15) is 0 Å². The molecule has 2 N–H and O–H groups in total. The Labute approximate surface area is 135 Å². The van der Waals surface area contributed by atoms with E-state index < -0.39 is 0 Å². The van der Waals surface area contributed by atoms with Crippen molar-refractivity contribution in [3.05, 3.63) is 59.4 Å². The minimum absolute atomic E-state index is 0.134. The molecule has 0 saturated carbocycles. The highest BCUT2D eigenvalue weighted by atomic mass is 19.1. The number of halogens is 1. The maximum absolute atomic E-state index is 12.9. The molecule has 0 aliphatic heterocycles. The van der Waals surface area contributed by atoms with E-state index in [4.69, 9.17) is 0 Å². The average Bonchev–Trinajstić information content (AvgIpc) is 2.57. The van der Waals surface area contributed by atoms with Gasteiger partial charge in [0.05, 0.1) is 0 Å². The molecule has 0 heterocycles. The summed E-state index contributed by atoms with van der Waals surface area (Å²) in [6.07, 6.45) is 4.60. The first kappa shape index (κ1) is 15.5. The summed E-state index contributed by atoms with van der Waals surface area (Å²) in [4.78, 5) is 12.3. The number of carbonyl (C=O) groups is 1. The monoisotopic (exact) mass is 312 g/mol. The third-order valence-electron chi connectivity index (χ3n) is 4.27. The molecule has 0 aromatic heterocycles. The molecule has 0 spiro atoms. The van der Waals surface area contributed by atoms with Crippen molar-refractivity contribution < 1.29 is 9.18 Å². The summed E-state index contributed by atoms with van der Waals surface area (Å²) in [6, 6.07) is 11.7. The van der Waals surface area contributed by atoms with Crippen LogP contribution in [0.15, 0.2) is 42.5 Å². The third kappa shape index (κ3) is 3.70. The number of anilines is 2. The Morgan fingerprint density at radius 2 is 1.83 bits per heavy atom. The summed E-state index contributed by atoms with van der Waals surface area (Å²) in [5.41, 5.74) is 4.36. The van der Waals surface area contributed by atoms with E-state index in [0.29, 0.717) is 5.69 Å². The lowest BCUT2D eigenvalue weighted by atomic mass is 9.90. The molecule has 120 valence electrons. The fourth-order valence-electron chi connectivity index (χ4n) is 3.00. The molecule has 2 aromatic rings. The van der Waals surface area contributed by atoms with Gasteiger partial charge in [0.15, 0.2) is 0 Å². The molecule has 3 nitrogen and oxygen atoms in total. The Hall–Kier alpha value is -2.36. The number of amides is 1. The molecule has 3 rings (SSSR count). The minimum Gasteiger partial charge on any atom is -0.374 e. The lowest BCUT2D eigenvalue weighted by Gasteiger charge is -2.22. The fraction of sp³-hybridized carbons (Fsp3) is 0.316. The Bertz CT molecular complexity index is 697. The van der Waals surface area contributed by atoms with Crippen molar-refractivity contribution >= 4 is 17.3 Å². The van der Waals surface area contributed by atoms with Crippen molar-refractivity contribution in [3.63, 3.8) is 0 Å². The number of aryl methyl sites for hydroxylation is 1. The lowest BCUT2D eigenvalue weighted by Crippen LogP contribution is -2.32. The van der Waals surface area contributed by atoms with Crippen molar-refractivity contribution in [2.24, 2.45) is 0 Å². The summed E-state index contributed by atoms with van der Waals surface area (Å²) in [7, 11) is 0. The van der Waals surface area contributed by atoms with E-state index in [-0.39, 0.29) is 17.8 Å². The number of hydrogen-bond acceptors (Lipinski definition) is 2. The Morgan fingerprint density at radius 3 is 2.61 bits per heavy atom. The second-order valence-corrected chi connectivity index (χ2v) is 6.01. The van der Waals surface area contributed by atoms with Crippen LogP contribution in [0.25, 0.3) is 0 Å². The predicted molar refractivity (Wildman–Crippen MR) is 91.2 cm³/mol. The van der Waals surface area contributed by atoms with Crippen LogP contribution in [-0.2, 0) is 17.6 Å². The van der Waals surface area contributed by atoms with Crippen molar-refractivity contribution in [1.82, 2.24) is 0 Å². The molecule has 0 saturated heterocycles. The summed E-state index contributed by atoms with van der Waals surface area (Å²) >= 11 is 0. The van der Waals surface area contributed by atoms with Gasteiger partial charge in [-0.1, -0.05) is 12.1 Å². The van der Waals surface area contributed by atoms with Crippen LogP contribution >= 0.6 is 0 Å². The molecule has 1 aliphatic rings. The molecule has 0 unspecified atom stereocenters. The van der Waals surface area contributed by atoms with E-state index in [0.717, 1.165) is 18.5 Å². The van der Waals surface area contributed by atoms with Crippen LogP contribution in [-0.4, -0.2) is 11.9 Å². The highest BCUT2D eigenvalue weighted by Crippen LogP contribution is 2.28. The van der Waals surface area contributed by atoms with Crippen molar-refractivity contribution in [2.45, 2.75) is 38.6 Å². The van der Waals surface area contributed by atoms with E-state index in [9.17, 15) is 9.18 Å². The molecule has 1 amide bonds. The molecule has 23 heavy (non-hydrogen) atoms. The quantitative estimate of drug-likeness (QED) is 0.890. The summed E-state index contributed by atoms with van der Waals surface area (Å²) < 4.78 is 12.9. The van der Waals surface area contributed by atoms with E-state index in [2.05, 4.69) is 16.7 Å². The Balaban J connectivity index is 1.68. The molecular weight excluding hydrogens is 291 g/mol. The van der Waals surface area contributed by atoms with Gasteiger partial charge in [0.2, 0.25) is 5.91 Å². The predicted octanol–water partition coefficient (Wildman–Crippen LogP) is 4.14. The fourth-order valence-corrected chi connectivity index (χ4v) is 3.00. The van der Waals surface area contributed by atoms with Gasteiger partial charge in [-0.15, -0.1) is 0 Å². The Morgan fingerprint density at radius 1 is 1.09 bits per heavy atom. The number of fused-ring (bicyclic) bond motifs is 1. The topological polar surface area (TPSA) is 41.1 Å². The first-order chi connectivity index (χ1) is 11.1. The number of benzene rings is 2. The third-order valence-corrected chi connectivity index (χ3v) is 4.27. The van der Waals surface area contributed by atoms with Crippen molar-refractivity contribution in [3.8, 4) is 0 Å². The average molecular weight is 312 g/mol. The first-order valence-electron chi connectivity index (χ1n) is 8.07. The van der Waals surface area contributed by atoms with Gasteiger partial charge in [-0.3, -0.25) is 4.79 Å². The van der Waals surface area contributed by atoms with Gasteiger partial charge in [0.1, 0.15) is 11.9 Å². The van der Waals surface area contributed by atoms with E-state index in [1.165, 1.54) is 36.1 Å². The van der Waals surface area contributed by atoms with E-state index >= 15 is 0 Å². The normalized spacial score (nSPS) is 14.7. The van der Waals surface area contributed by atoms with Crippen LogP contribution in [0.4, 0.5) is 15.8 Å². The zero-order chi connectivity index (χ0) is 16.2. The second-order valence-electron chi connectivity index (χ2n) is 6.01. The van der Waals surface area contributed by atoms with Crippen molar-refractivity contribution in [2.75, 3.05) is 10.6 Å². The van der Waals surface area contributed by atoms with Gasteiger partial charge < -0.3 is 10.6 Å². The molecule has 1 aliphatic carbocycles. The number of carbonyl (C=O) groups excluding carboxylic acids is 1. The van der Waals surface area contributed by atoms with Crippen LogP contribution in [0.2, 0.25) is 0 Å². The largest absolute Gasteiger partial charge is 0.374 e. The molecule has 0 radical (unpaired) electrons. The maximum atomic E-state index is 12.9. The number of hydrogen-bond donors (Lipinski definition) is 2. The van der Waals surface area contributed by atoms with Gasteiger partial charge >= 0.3 is 0 Å². The zero-order valence-corrected chi connectivity index (χ0v) is 13.2. The molecular formula is C19H21FN2O. The summed E-state index contributed by atoms with van der Waals surface area (Å²) in [5, 5.41) is 6.12. The number of nitrogens with one attached hydrogen (secondary N) is 2. The molecule has 0 fully saturated rings. The SMILES string of the molecule is C[C@@H](Nc1cccc2c1CCCC2)C(=O)Nc1ccc(F)cc1. The van der Waals surface area contributed by atoms with Gasteiger partial charge in [-0.25, -0.2) is 4.39 Å². The standard InChI is InChI=1S/C19H21FN2O/c1-13(19(23)22-16-11-9-15(20)10-12-16)21-18-8-4-6-14-5-2-3-7-17(14)18/h4,6,8-13,21H,2-3,5,7H2,1H3,(H,22,23)/t13-/m1/s1. The van der Waals surface area contributed by atoms with Crippen LogP contribution in [0.5, 0.6) is 0 Å².